The molecule has 2 rings (SSSR count). The summed E-state index contributed by atoms with van der Waals surface area (Å²) in [5.41, 5.74) is 0.864. The van der Waals surface area contributed by atoms with E-state index in [-0.39, 0.29) is 10.2 Å². The Hall–Kier alpha value is -0.740. The molecule has 0 amide bonds. The molecule has 1 aliphatic rings. The highest BCUT2D eigenvalue weighted by molar-refractivity contribution is 7.86. The van der Waals surface area contributed by atoms with Gasteiger partial charge in [-0.05, 0) is 32.9 Å². The van der Waals surface area contributed by atoms with Crippen LogP contribution in [0.1, 0.15) is 26.5 Å². The van der Waals surface area contributed by atoms with Crippen molar-refractivity contribution in [2.24, 2.45) is 0 Å². The zero-order valence-electron chi connectivity index (χ0n) is 10.6. The minimum Gasteiger partial charge on any atom is -0.379 e. The predicted octanol–water partition coefficient (Wildman–Crippen LogP) is 1.90. The van der Waals surface area contributed by atoms with Crippen molar-refractivity contribution >= 4 is 10.8 Å². The molecule has 1 unspecified atom stereocenters. The Labute approximate surface area is 105 Å². The summed E-state index contributed by atoms with van der Waals surface area (Å²) in [5, 5.41) is 0. The van der Waals surface area contributed by atoms with Crippen molar-refractivity contribution in [2.75, 3.05) is 19.0 Å². The van der Waals surface area contributed by atoms with Crippen LogP contribution >= 0.6 is 0 Å². The van der Waals surface area contributed by atoms with Crippen LogP contribution in [-0.2, 0) is 21.0 Å². The maximum absolute atomic E-state index is 12.3. The lowest BCUT2D eigenvalue weighted by Gasteiger charge is -2.41. The normalized spacial score (nSPS) is 20.6. The lowest BCUT2D eigenvalue weighted by Crippen LogP contribution is -2.52. The second kappa shape index (κ2) is 4.50. The maximum Gasteiger partial charge on any atom is 0.0707 e. The molecular formula is C13H19NO2S. The summed E-state index contributed by atoms with van der Waals surface area (Å²) in [6.45, 7) is 7.29. The summed E-state index contributed by atoms with van der Waals surface area (Å²) >= 11 is 0. The number of pyridine rings is 1. The van der Waals surface area contributed by atoms with E-state index < -0.39 is 10.8 Å². The largest absolute Gasteiger partial charge is 0.379 e. The van der Waals surface area contributed by atoms with Crippen LogP contribution in [0.25, 0.3) is 0 Å². The first-order chi connectivity index (χ1) is 7.94. The topological polar surface area (TPSA) is 39.2 Å². The smallest absolute Gasteiger partial charge is 0.0707 e. The molecular weight excluding hydrogens is 234 g/mol. The number of ether oxygens (including phenoxy) is 1. The molecule has 0 spiro atoms. The van der Waals surface area contributed by atoms with Crippen molar-refractivity contribution in [3.8, 4) is 0 Å². The molecule has 1 aromatic rings. The van der Waals surface area contributed by atoms with E-state index >= 15 is 0 Å². The van der Waals surface area contributed by atoms with Crippen molar-refractivity contribution in [3.05, 3.63) is 30.1 Å². The predicted molar refractivity (Wildman–Crippen MR) is 69.5 cm³/mol. The third kappa shape index (κ3) is 2.58. The summed E-state index contributed by atoms with van der Waals surface area (Å²) in [6, 6.07) is 5.88. The average molecular weight is 253 g/mol. The summed E-state index contributed by atoms with van der Waals surface area (Å²) in [6.07, 6.45) is 1.79. The van der Waals surface area contributed by atoms with Gasteiger partial charge in [-0.3, -0.25) is 9.19 Å². The lowest BCUT2D eigenvalue weighted by molar-refractivity contribution is -0.0498. The third-order valence-corrected chi connectivity index (χ3v) is 5.24. The molecule has 0 bridgehead atoms. The molecule has 1 atom stereocenters. The van der Waals surface area contributed by atoms with Gasteiger partial charge in [0.05, 0.1) is 24.3 Å². The second-order valence-corrected chi connectivity index (χ2v) is 7.79. The SMILES string of the molecule is CC(C)(C)S(=O)CC1(c2ccccn2)COC1. The minimum absolute atomic E-state index is 0.139. The molecule has 0 aliphatic carbocycles. The van der Waals surface area contributed by atoms with Crippen molar-refractivity contribution in [2.45, 2.75) is 30.9 Å². The van der Waals surface area contributed by atoms with Gasteiger partial charge >= 0.3 is 0 Å². The van der Waals surface area contributed by atoms with Crippen molar-refractivity contribution in [1.29, 1.82) is 0 Å². The van der Waals surface area contributed by atoms with E-state index in [1.165, 1.54) is 0 Å². The molecule has 17 heavy (non-hydrogen) atoms. The Morgan fingerprint density at radius 2 is 2.12 bits per heavy atom. The van der Waals surface area contributed by atoms with E-state index in [2.05, 4.69) is 4.98 Å². The second-order valence-electron chi connectivity index (χ2n) is 5.59. The van der Waals surface area contributed by atoms with Crippen LogP contribution < -0.4 is 0 Å². The number of aromatic nitrogens is 1. The quantitative estimate of drug-likeness (QED) is 0.826. The first-order valence-electron chi connectivity index (χ1n) is 5.82. The number of hydrogen-bond acceptors (Lipinski definition) is 3. The van der Waals surface area contributed by atoms with Crippen molar-refractivity contribution in [1.82, 2.24) is 4.98 Å². The zero-order chi connectivity index (χ0) is 12.5. The van der Waals surface area contributed by atoms with Crippen LogP contribution in [0, 0.1) is 0 Å². The average Bonchev–Trinajstić information content (AvgIpc) is 2.23. The Bertz CT molecular complexity index is 407. The molecule has 1 fully saturated rings. The van der Waals surface area contributed by atoms with E-state index in [0.717, 1.165) is 5.69 Å². The summed E-state index contributed by atoms with van der Waals surface area (Å²) in [7, 11) is -0.876. The van der Waals surface area contributed by atoms with E-state index in [9.17, 15) is 4.21 Å². The maximum atomic E-state index is 12.3. The van der Waals surface area contributed by atoms with Crippen LogP contribution in [0.5, 0.6) is 0 Å². The van der Waals surface area contributed by atoms with E-state index in [0.29, 0.717) is 19.0 Å². The molecule has 1 saturated heterocycles. The molecule has 0 radical (unpaired) electrons. The Morgan fingerprint density at radius 3 is 2.53 bits per heavy atom. The molecule has 0 N–H and O–H groups in total. The fourth-order valence-electron chi connectivity index (χ4n) is 1.80. The van der Waals surface area contributed by atoms with Gasteiger partial charge < -0.3 is 4.74 Å². The first-order valence-corrected chi connectivity index (χ1v) is 7.14. The molecule has 0 aromatic carbocycles. The summed E-state index contributed by atoms with van der Waals surface area (Å²) in [4.78, 5) is 4.39. The summed E-state index contributed by atoms with van der Waals surface area (Å²) in [5.74, 6) is 0.632. The number of rotatable bonds is 3. The highest BCUT2D eigenvalue weighted by atomic mass is 32.2. The number of nitrogens with zero attached hydrogens (tertiary/aromatic N) is 1. The van der Waals surface area contributed by atoms with Gasteiger partial charge in [0, 0.05) is 27.5 Å². The van der Waals surface area contributed by atoms with Gasteiger partial charge in [-0.15, -0.1) is 0 Å². The summed E-state index contributed by atoms with van der Waals surface area (Å²) < 4.78 is 17.4. The van der Waals surface area contributed by atoms with E-state index in [4.69, 9.17) is 4.74 Å². The highest BCUT2D eigenvalue weighted by Crippen LogP contribution is 2.33. The van der Waals surface area contributed by atoms with Gasteiger partial charge in [-0.1, -0.05) is 6.07 Å². The van der Waals surface area contributed by atoms with Crippen LogP contribution in [0.2, 0.25) is 0 Å². The van der Waals surface area contributed by atoms with Gasteiger partial charge in [-0.25, -0.2) is 0 Å². The zero-order valence-corrected chi connectivity index (χ0v) is 11.4. The van der Waals surface area contributed by atoms with Gasteiger partial charge in [0.1, 0.15) is 0 Å². The molecule has 2 heterocycles. The van der Waals surface area contributed by atoms with Gasteiger partial charge in [0.2, 0.25) is 0 Å². The Balaban J connectivity index is 2.20. The monoisotopic (exact) mass is 253 g/mol. The molecule has 94 valence electrons. The van der Waals surface area contributed by atoms with Gasteiger partial charge in [0.15, 0.2) is 0 Å². The van der Waals surface area contributed by atoms with E-state index in [1.807, 2.05) is 39.0 Å². The molecule has 1 aliphatic heterocycles. The molecule has 4 heteroatoms. The van der Waals surface area contributed by atoms with Gasteiger partial charge in [0.25, 0.3) is 0 Å². The number of hydrogen-bond donors (Lipinski definition) is 0. The first kappa shape index (κ1) is 12.7. The van der Waals surface area contributed by atoms with Crippen LogP contribution in [0.4, 0.5) is 0 Å². The van der Waals surface area contributed by atoms with Crippen LogP contribution in [0.3, 0.4) is 0 Å². The Morgan fingerprint density at radius 1 is 1.41 bits per heavy atom. The fraction of sp³-hybridized carbons (Fsp3) is 0.615. The van der Waals surface area contributed by atoms with Crippen molar-refractivity contribution < 1.29 is 8.95 Å². The minimum atomic E-state index is -0.876. The van der Waals surface area contributed by atoms with E-state index in [1.54, 1.807) is 6.20 Å². The third-order valence-electron chi connectivity index (χ3n) is 3.06. The standard InChI is InChI=1S/C13H19NO2S/c1-12(2,3)17(15)10-13(8-16-9-13)11-6-4-5-7-14-11/h4-7H,8-10H2,1-3H3. The Kier molecular flexibility index (Phi) is 3.36. The van der Waals surface area contributed by atoms with Gasteiger partial charge in [-0.2, -0.15) is 0 Å². The van der Waals surface area contributed by atoms with Crippen LogP contribution in [-0.4, -0.2) is 32.9 Å². The molecule has 3 nitrogen and oxygen atoms in total. The lowest BCUT2D eigenvalue weighted by atomic mass is 9.84. The fourth-order valence-corrected chi connectivity index (χ4v) is 3.05. The highest BCUT2D eigenvalue weighted by Gasteiger charge is 2.44. The molecule has 0 saturated carbocycles. The van der Waals surface area contributed by atoms with Crippen molar-refractivity contribution in [3.63, 3.8) is 0 Å². The van der Waals surface area contributed by atoms with Crippen LogP contribution in [0.15, 0.2) is 24.4 Å². The molecule has 1 aromatic heterocycles.